The summed E-state index contributed by atoms with van der Waals surface area (Å²) >= 11 is 0. The molecule has 0 aliphatic rings. The average Bonchev–Trinajstić information content (AvgIpc) is 2.38. The summed E-state index contributed by atoms with van der Waals surface area (Å²) in [5, 5.41) is 18.5. The Morgan fingerprint density at radius 2 is 1.85 bits per heavy atom. The largest absolute Gasteiger partial charge is 0.504 e. The molecule has 0 heterocycles. The molecular weight excluding hydrogens is 266 g/mol. The molecule has 1 aromatic carbocycles. The van der Waals surface area contributed by atoms with Crippen LogP contribution in [0.25, 0.3) is 0 Å². The second-order valence-electron chi connectivity index (χ2n) is 4.14. The molecule has 0 unspecified atom stereocenters. The van der Waals surface area contributed by atoms with Gasteiger partial charge in [0.1, 0.15) is 19.3 Å². The quantitative estimate of drug-likeness (QED) is 0.384. The molecule has 0 aliphatic carbocycles. The lowest BCUT2D eigenvalue weighted by Crippen LogP contribution is -2.35. The number of ether oxygens (including phenoxy) is 2. The molecule has 1 aromatic rings. The van der Waals surface area contributed by atoms with Crippen molar-refractivity contribution < 1.29 is 29.3 Å². The van der Waals surface area contributed by atoms with Gasteiger partial charge in [0.25, 0.3) is 0 Å². The molecule has 0 aromatic heterocycles. The van der Waals surface area contributed by atoms with Crippen LogP contribution in [0.4, 0.5) is 0 Å². The smallest absolute Gasteiger partial charge is 0.323 e. The zero-order valence-electron chi connectivity index (χ0n) is 11.0. The minimum Gasteiger partial charge on any atom is -0.504 e. The predicted octanol–water partition coefficient (Wildman–Crippen LogP) is 0.0739. The van der Waals surface area contributed by atoms with E-state index in [-0.39, 0.29) is 31.1 Å². The standard InChI is InChI=1S/C13H17NO6/c1-8(15)19-4-5-20-13(18)10(14)6-9-2-3-11(16)12(17)7-9/h2-3,7,10,16-17H,4-6,14H2,1H3/t10-/m0/s1. The molecule has 0 radical (unpaired) electrons. The highest BCUT2D eigenvalue weighted by atomic mass is 16.6. The first-order valence-electron chi connectivity index (χ1n) is 5.96. The SMILES string of the molecule is CC(=O)OCCOC(=O)[C@@H](N)Cc1ccc(O)c(O)c1. The van der Waals surface area contributed by atoms with E-state index in [1.54, 1.807) is 6.07 Å². The molecule has 20 heavy (non-hydrogen) atoms. The number of benzene rings is 1. The minimum atomic E-state index is -0.906. The maximum atomic E-state index is 11.5. The number of carbonyl (C=O) groups is 2. The van der Waals surface area contributed by atoms with E-state index >= 15 is 0 Å². The van der Waals surface area contributed by atoms with Crippen LogP contribution in [0.5, 0.6) is 11.5 Å². The van der Waals surface area contributed by atoms with Gasteiger partial charge in [-0.2, -0.15) is 0 Å². The van der Waals surface area contributed by atoms with Crippen LogP contribution in [0.15, 0.2) is 18.2 Å². The summed E-state index contributed by atoms with van der Waals surface area (Å²) in [4.78, 5) is 22.0. The van der Waals surface area contributed by atoms with Gasteiger partial charge >= 0.3 is 11.9 Å². The maximum Gasteiger partial charge on any atom is 0.323 e. The van der Waals surface area contributed by atoms with Gasteiger partial charge in [0.05, 0.1) is 0 Å². The van der Waals surface area contributed by atoms with Crippen LogP contribution in [0.3, 0.4) is 0 Å². The number of aromatic hydroxyl groups is 2. The van der Waals surface area contributed by atoms with Gasteiger partial charge in [0.2, 0.25) is 0 Å². The summed E-state index contributed by atoms with van der Waals surface area (Å²) in [6, 6.07) is 3.27. The molecule has 7 nitrogen and oxygen atoms in total. The van der Waals surface area contributed by atoms with Crippen molar-refractivity contribution in [2.75, 3.05) is 13.2 Å². The van der Waals surface area contributed by atoms with E-state index < -0.39 is 18.0 Å². The van der Waals surface area contributed by atoms with Gasteiger partial charge in [-0.3, -0.25) is 9.59 Å². The van der Waals surface area contributed by atoms with E-state index in [0.29, 0.717) is 5.56 Å². The van der Waals surface area contributed by atoms with Crippen molar-refractivity contribution in [3.63, 3.8) is 0 Å². The van der Waals surface area contributed by atoms with Crippen LogP contribution in [0.2, 0.25) is 0 Å². The Balaban J connectivity index is 2.41. The number of rotatable bonds is 6. The normalized spacial score (nSPS) is 11.7. The molecule has 7 heteroatoms. The molecule has 0 saturated heterocycles. The molecule has 0 bridgehead atoms. The van der Waals surface area contributed by atoms with Crippen LogP contribution in [-0.4, -0.2) is 41.4 Å². The Labute approximate surface area is 115 Å². The fourth-order valence-corrected chi connectivity index (χ4v) is 1.47. The Bertz CT molecular complexity index is 488. The third-order valence-electron chi connectivity index (χ3n) is 2.43. The number of esters is 2. The van der Waals surface area contributed by atoms with Crippen molar-refractivity contribution in [1.29, 1.82) is 0 Å². The van der Waals surface area contributed by atoms with Crippen molar-refractivity contribution in [2.45, 2.75) is 19.4 Å². The van der Waals surface area contributed by atoms with Gasteiger partial charge in [-0.15, -0.1) is 0 Å². The van der Waals surface area contributed by atoms with Crippen LogP contribution >= 0.6 is 0 Å². The number of phenols is 2. The van der Waals surface area contributed by atoms with Crippen molar-refractivity contribution in [3.05, 3.63) is 23.8 Å². The zero-order valence-corrected chi connectivity index (χ0v) is 11.0. The minimum absolute atomic E-state index is 0.0200. The topological polar surface area (TPSA) is 119 Å². The van der Waals surface area contributed by atoms with Crippen molar-refractivity contribution in [3.8, 4) is 11.5 Å². The van der Waals surface area contributed by atoms with Gasteiger partial charge in [-0.1, -0.05) is 6.07 Å². The van der Waals surface area contributed by atoms with E-state index in [9.17, 15) is 14.7 Å². The van der Waals surface area contributed by atoms with Gasteiger partial charge in [0.15, 0.2) is 11.5 Å². The number of phenolic OH excluding ortho intramolecular Hbond substituents is 2. The monoisotopic (exact) mass is 283 g/mol. The lowest BCUT2D eigenvalue weighted by atomic mass is 10.1. The molecular formula is C13H17NO6. The summed E-state index contributed by atoms with van der Waals surface area (Å²) in [5.41, 5.74) is 6.24. The highest BCUT2D eigenvalue weighted by Crippen LogP contribution is 2.25. The Morgan fingerprint density at radius 1 is 1.20 bits per heavy atom. The Morgan fingerprint density at radius 3 is 2.45 bits per heavy atom. The van der Waals surface area contributed by atoms with Gasteiger partial charge in [0, 0.05) is 6.92 Å². The van der Waals surface area contributed by atoms with E-state index in [2.05, 4.69) is 4.74 Å². The molecule has 0 amide bonds. The third kappa shape index (κ3) is 5.15. The molecule has 0 saturated carbocycles. The average molecular weight is 283 g/mol. The van der Waals surface area contributed by atoms with Crippen molar-refractivity contribution in [1.82, 2.24) is 0 Å². The summed E-state index contributed by atoms with van der Waals surface area (Å²) < 4.78 is 9.43. The molecule has 0 fully saturated rings. The van der Waals surface area contributed by atoms with Crippen LogP contribution in [0.1, 0.15) is 12.5 Å². The summed E-state index contributed by atoms with van der Waals surface area (Å²) in [6.07, 6.45) is 0.153. The second-order valence-corrected chi connectivity index (χ2v) is 4.14. The van der Waals surface area contributed by atoms with Crippen molar-refractivity contribution >= 4 is 11.9 Å². The fourth-order valence-electron chi connectivity index (χ4n) is 1.47. The van der Waals surface area contributed by atoms with E-state index in [0.717, 1.165) is 0 Å². The maximum absolute atomic E-state index is 11.5. The first kappa shape index (κ1) is 15.8. The lowest BCUT2D eigenvalue weighted by molar-refractivity contribution is -0.151. The van der Waals surface area contributed by atoms with Crippen molar-refractivity contribution in [2.24, 2.45) is 5.73 Å². The van der Waals surface area contributed by atoms with Crippen LogP contribution in [0, 0.1) is 0 Å². The molecule has 1 atom stereocenters. The fraction of sp³-hybridized carbons (Fsp3) is 0.385. The Kier molecular flexibility index (Phi) is 5.79. The molecule has 1 rings (SSSR count). The molecule has 110 valence electrons. The molecule has 0 spiro atoms. The number of hydrogen-bond donors (Lipinski definition) is 3. The van der Waals surface area contributed by atoms with E-state index in [4.69, 9.17) is 15.6 Å². The summed E-state index contributed by atoms with van der Waals surface area (Å²) in [5.74, 6) is -1.61. The first-order chi connectivity index (χ1) is 9.40. The van der Waals surface area contributed by atoms with Crippen LogP contribution in [-0.2, 0) is 25.5 Å². The number of carbonyl (C=O) groups excluding carboxylic acids is 2. The van der Waals surface area contributed by atoms with E-state index in [1.807, 2.05) is 0 Å². The molecule has 4 N–H and O–H groups in total. The Hall–Kier alpha value is -2.28. The molecule has 0 aliphatic heterocycles. The first-order valence-corrected chi connectivity index (χ1v) is 5.96. The highest BCUT2D eigenvalue weighted by molar-refractivity contribution is 5.76. The number of nitrogens with two attached hydrogens (primary N) is 1. The lowest BCUT2D eigenvalue weighted by Gasteiger charge is -2.12. The highest BCUT2D eigenvalue weighted by Gasteiger charge is 2.16. The van der Waals surface area contributed by atoms with Gasteiger partial charge < -0.3 is 25.4 Å². The van der Waals surface area contributed by atoms with Crippen LogP contribution < -0.4 is 5.73 Å². The summed E-state index contributed by atoms with van der Waals surface area (Å²) in [6.45, 7) is 1.17. The predicted molar refractivity (Wildman–Crippen MR) is 69.0 cm³/mol. The second kappa shape index (κ2) is 7.34. The third-order valence-corrected chi connectivity index (χ3v) is 2.43. The van der Waals surface area contributed by atoms with Gasteiger partial charge in [-0.05, 0) is 24.1 Å². The number of hydrogen-bond acceptors (Lipinski definition) is 7. The zero-order chi connectivity index (χ0) is 15.1. The summed E-state index contributed by atoms with van der Waals surface area (Å²) in [7, 11) is 0. The van der Waals surface area contributed by atoms with Gasteiger partial charge in [-0.25, -0.2) is 0 Å². The van der Waals surface area contributed by atoms with E-state index in [1.165, 1.54) is 19.1 Å².